The van der Waals surface area contributed by atoms with Crippen LogP contribution in [0.4, 0.5) is 5.69 Å². The SMILES string of the molecule is CCN(CC)C(=O)COc1cccc(C(CN2CC[C@H](O)C2)N(C)C(=O)Cc2ccc3c(c2)NC(=O)C3)c1. The topological polar surface area (TPSA) is 102 Å². The molecule has 204 valence electrons. The molecular formula is C29H38N4O5. The van der Waals surface area contributed by atoms with E-state index in [9.17, 15) is 19.5 Å². The number of rotatable bonds is 11. The van der Waals surface area contributed by atoms with Gasteiger partial charge < -0.3 is 25.0 Å². The van der Waals surface area contributed by atoms with Gasteiger partial charge in [-0.2, -0.15) is 0 Å². The second-order valence-corrected chi connectivity index (χ2v) is 10.0. The Labute approximate surface area is 224 Å². The number of aliphatic hydroxyl groups excluding tert-OH is 1. The number of anilines is 1. The van der Waals surface area contributed by atoms with Crippen LogP contribution < -0.4 is 10.1 Å². The van der Waals surface area contributed by atoms with Crippen LogP contribution in [0.1, 0.15) is 43.0 Å². The molecule has 2 aliphatic rings. The first kappa shape index (κ1) is 27.6. The number of benzene rings is 2. The van der Waals surface area contributed by atoms with E-state index in [0.717, 1.165) is 28.9 Å². The normalized spacial score (nSPS) is 17.6. The van der Waals surface area contributed by atoms with E-state index in [1.807, 2.05) is 56.3 Å². The van der Waals surface area contributed by atoms with Crippen molar-refractivity contribution in [3.63, 3.8) is 0 Å². The highest BCUT2D eigenvalue weighted by molar-refractivity contribution is 5.99. The maximum Gasteiger partial charge on any atom is 0.260 e. The number of likely N-dealkylation sites (N-methyl/N-ethyl adjacent to an activating group) is 2. The molecule has 0 aromatic heterocycles. The molecule has 0 aliphatic carbocycles. The van der Waals surface area contributed by atoms with Gasteiger partial charge in [0.15, 0.2) is 6.61 Å². The van der Waals surface area contributed by atoms with Crippen molar-refractivity contribution in [1.82, 2.24) is 14.7 Å². The molecule has 0 bridgehead atoms. The second-order valence-electron chi connectivity index (χ2n) is 10.0. The molecule has 3 amide bonds. The fourth-order valence-corrected chi connectivity index (χ4v) is 5.14. The first-order chi connectivity index (χ1) is 18.3. The Hall–Kier alpha value is -3.43. The van der Waals surface area contributed by atoms with Crippen molar-refractivity contribution in [2.45, 2.75) is 45.3 Å². The molecule has 9 nitrogen and oxygen atoms in total. The fraction of sp³-hybridized carbons (Fsp3) is 0.483. The Morgan fingerprint density at radius 3 is 2.66 bits per heavy atom. The molecular weight excluding hydrogens is 484 g/mol. The largest absolute Gasteiger partial charge is 0.484 e. The van der Waals surface area contributed by atoms with Crippen molar-refractivity contribution in [2.24, 2.45) is 0 Å². The lowest BCUT2D eigenvalue weighted by molar-refractivity contribution is -0.133. The number of carbonyl (C=O) groups is 3. The molecule has 1 saturated heterocycles. The molecule has 2 atom stereocenters. The summed E-state index contributed by atoms with van der Waals surface area (Å²) in [6.45, 7) is 6.99. The van der Waals surface area contributed by atoms with Crippen LogP contribution in [0.5, 0.6) is 5.75 Å². The third-order valence-corrected chi connectivity index (χ3v) is 7.42. The van der Waals surface area contributed by atoms with Crippen molar-refractivity contribution in [2.75, 3.05) is 51.7 Å². The number of fused-ring (bicyclic) bond motifs is 1. The molecule has 2 aromatic rings. The van der Waals surface area contributed by atoms with Gasteiger partial charge in [0.2, 0.25) is 11.8 Å². The van der Waals surface area contributed by atoms with Gasteiger partial charge in [-0.05, 0) is 55.2 Å². The van der Waals surface area contributed by atoms with E-state index in [1.165, 1.54) is 0 Å². The third-order valence-electron chi connectivity index (χ3n) is 7.42. The van der Waals surface area contributed by atoms with Gasteiger partial charge in [-0.15, -0.1) is 0 Å². The van der Waals surface area contributed by atoms with E-state index >= 15 is 0 Å². The summed E-state index contributed by atoms with van der Waals surface area (Å²) < 4.78 is 5.83. The molecule has 2 heterocycles. The maximum absolute atomic E-state index is 13.5. The van der Waals surface area contributed by atoms with Crippen LogP contribution in [-0.2, 0) is 27.2 Å². The summed E-state index contributed by atoms with van der Waals surface area (Å²) in [5.74, 6) is 0.418. The first-order valence-electron chi connectivity index (χ1n) is 13.4. The Morgan fingerprint density at radius 1 is 1.16 bits per heavy atom. The number of carbonyl (C=O) groups excluding carboxylic acids is 3. The lowest BCUT2D eigenvalue weighted by atomic mass is 10.0. The molecule has 9 heteroatoms. The van der Waals surface area contributed by atoms with E-state index in [2.05, 4.69) is 10.2 Å². The van der Waals surface area contributed by atoms with E-state index < -0.39 is 0 Å². The standard InChI is InChI=1S/C29H38N4O5/c1-4-33(5-2)29(37)19-38-24-8-6-7-22(15-24)26(18-32-12-11-23(34)17-32)31(3)28(36)14-20-9-10-21-16-27(35)30-25(21)13-20/h6-10,13,15,23,26,34H,4-5,11-12,14,16-19H2,1-3H3,(H,30,35)/t23-,26?/m0/s1. The number of amides is 3. The zero-order chi connectivity index (χ0) is 27.2. The number of hydrogen-bond acceptors (Lipinski definition) is 6. The second kappa shape index (κ2) is 12.4. The minimum Gasteiger partial charge on any atom is -0.484 e. The van der Waals surface area contributed by atoms with Gasteiger partial charge in [0.25, 0.3) is 5.91 Å². The van der Waals surface area contributed by atoms with Crippen LogP contribution in [0.2, 0.25) is 0 Å². The maximum atomic E-state index is 13.5. The number of nitrogens with one attached hydrogen (secondary N) is 1. The Kier molecular flexibility index (Phi) is 9.01. The molecule has 1 fully saturated rings. The van der Waals surface area contributed by atoms with E-state index in [4.69, 9.17) is 4.74 Å². The van der Waals surface area contributed by atoms with Gasteiger partial charge in [0.1, 0.15) is 5.75 Å². The van der Waals surface area contributed by atoms with E-state index in [1.54, 1.807) is 16.8 Å². The smallest absolute Gasteiger partial charge is 0.260 e. The monoisotopic (exact) mass is 522 g/mol. The van der Waals surface area contributed by atoms with Crippen LogP contribution in [0.25, 0.3) is 0 Å². The highest BCUT2D eigenvalue weighted by Gasteiger charge is 2.29. The zero-order valence-electron chi connectivity index (χ0n) is 22.5. The van der Waals surface area contributed by atoms with Crippen LogP contribution >= 0.6 is 0 Å². The van der Waals surface area contributed by atoms with Crippen molar-refractivity contribution < 1.29 is 24.2 Å². The average molecular weight is 523 g/mol. The summed E-state index contributed by atoms with van der Waals surface area (Å²) >= 11 is 0. The van der Waals surface area contributed by atoms with E-state index in [0.29, 0.717) is 44.8 Å². The summed E-state index contributed by atoms with van der Waals surface area (Å²) in [5.41, 5.74) is 3.46. The van der Waals surface area contributed by atoms with Gasteiger partial charge in [0, 0.05) is 45.5 Å². The molecule has 2 aromatic carbocycles. The zero-order valence-corrected chi connectivity index (χ0v) is 22.5. The first-order valence-corrected chi connectivity index (χ1v) is 13.4. The Morgan fingerprint density at radius 2 is 1.95 bits per heavy atom. The Bertz CT molecular complexity index is 1170. The fourth-order valence-electron chi connectivity index (χ4n) is 5.14. The number of likely N-dealkylation sites (tertiary alicyclic amines) is 1. The quantitative estimate of drug-likeness (QED) is 0.469. The van der Waals surface area contributed by atoms with Crippen LogP contribution in [0.15, 0.2) is 42.5 Å². The molecule has 0 spiro atoms. The summed E-state index contributed by atoms with van der Waals surface area (Å²) in [4.78, 5) is 43.2. The lowest BCUT2D eigenvalue weighted by Gasteiger charge is -2.32. The highest BCUT2D eigenvalue weighted by atomic mass is 16.5. The lowest BCUT2D eigenvalue weighted by Crippen LogP contribution is -2.39. The number of β-amino-alcohol motifs (C(OH)–C–C–N with tert-alkyl or cyclic N) is 1. The molecule has 0 radical (unpaired) electrons. The predicted molar refractivity (Wildman–Crippen MR) is 145 cm³/mol. The Balaban J connectivity index is 1.50. The van der Waals surface area contributed by atoms with E-state index in [-0.39, 0.29) is 42.9 Å². The molecule has 0 saturated carbocycles. The molecule has 2 N–H and O–H groups in total. The number of hydrogen-bond donors (Lipinski definition) is 2. The molecule has 38 heavy (non-hydrogen) atoms. The minimum atomic E-state index is -0.362. The van der Waals surface area contributed by atoms with Gasteiger partial charge in [0.05, 0.1) is 25.0 Å². The summed E-state index contributed by atoms with van der Waals surface area (Å²) in [5, 5.41) is 12.9. The van der Waals surface area contributed by atoms with Gasteiger partial charge in [-0.3, -0.25) is 19.3 Å². The average Bonchev–Trinajstić information content (AvgIpc) is 3.49. The highest BCUT2D eigenvalue weighted by Crippen LogP contribution is 2.28. The van der Waals surface area contributed by atoms with Crippen LogP contribution in [-0.4, -0.2) is 90.0 Å². The number of aliphatic hydroxyl groups is 1. The predicted octanol–water partition coefficient (Wildman–Crippen LogP) is 2.24. The van der Waals surface area contributed by atoms with Crippen molar-refractivity contribution >= 4 is 23.4 Å². The molecule has 2 aliphatic heterocycles. The van der Waals surface area contributed by atoms with Crippen molar-refractivity contribution in [1.29, 1.82) is 0 Å². The third kappa shape index (κ3) is 6.71. The summed E-state index contributed by atoms with van der Waals surface area (Å²) in [6.07, 6.45) is 0.917. The summed E-state index contributed by atoms with van der Waals surface area (Å²) in [6, 6.07) is 12.9. The van der Waals surface area contributed by atoms with Gasteiger partial charge in [-0.25, -0.2) is 0 Å². The van der Waals surface area contributed by atoms with Crippen LogP contribution in [0, 0.1) is 0 Å². The number of nitrogens with zero attached hydrogens (tertiary/aromatic N) is 3. The number of ether oxygens (including phenoxy) is 1. The van der Waals surface area contributed by atoms with Gasteiger partial charge in [-0.1, -0.05) is 24.3 Å². The molecule has 4 rings (SSSR count). The van der Waals surface area contributed by atoms with Crippen molar-refractivity contribution in [3.05, 3.63) is 59.2 Å². The minimum absolute atomic E-state index is 0.0330. The van der Waals surface area contributed by atoms with Gasteiger partial charge >= 0.3 is 0 Å². The van der Waals surface area contributed by atoms with Crippen LogP contribution in [0.3, 0.4) is 0 Å². The van der Waals surface area contributed by atoms with Crippen molar-refractivity contribution in [3.8, 4) is 5.75 Å². The molecule has 1 unspecified atom stereocenters. The summed E-state index contributed by atoms with van der Waals surface area (Å²) in [7, 11) is 1.80.